The fourth-order valence-electron chi connectivity index (χ4n) is 16.3. The minimum atomic E-state index is -3.07. The van der Waals surface area contributed by atoms with E-state index in [4.69, 9.17) is 4.74 Å². The van der Waals surface area contributed by atoms with E-state index in [2.05, 4.69) is 65.6 Å². The molecule has 7 aliphatic rings. The largest absolute Gasteiger partial charge is 0.460 e. The molecule has 0 aliphatic heterocycles. The van der Waals surface area contributed by atoms with Gasteiger partial charge in [0.1, 0.15) is 23.1 Å². The Kier molecular flexibility index (Phi) is 11.9. The van der Waals surface area contributed by atoms with Crippen molar-refractivity contribution in [3.8, 4) is 0 Å². The lowest BCUT2D eigenvalue weighted by atomic mass is 9.33. The smallest absolute Gasteiger partial charge is 0.315 e. The Bertz CT molecular complexity index is 2020. The third kappa shape index (κ3) is 7.48. The number of aliphatic hydroxyl groups is 1. The number of rotatable bonds is 11. The van der Waals surface area contributed by atoms with Gasteiger partial charge in [0, 0.05) is 11.8 Å². The lowest BCUT2D eigenvalue weighted by molar-refractivity contribution is -0.221. The molecule has 7 aliphatic carbocycles. The normalized spacial score (nSPS) is 43.1. The Morgan fingerprint density at radius 2 is 1.59 bits per heavy atom. The van der Waals surface area contributed by atoms with Crippen LogP contribution in [-0.4, -0.2) is 55.4 Å². The highest BCUT2D eigenvalue weighted by atomic mass is 32.2. The summed E-state index contributed by atoms with van der Waals surface area (Å²) in [5.41, 5.74) is 3.72. The highest BCUT2D eigenvalue weighted by Gasteiger charge is 2.70. The van der Waals surface area contributed by atoms with Gasteiger partial charge in [0.2, 0.25) is 0 Å². The number of allylic oxidation sites excluding steroid dienone is 5. The molecule has 5 fully saturated rings. The number of esters is 1. The lowest BCUT2D eigenvalue weighted by Crippen LogP contribution is -2.68. The first kappa shape index (κ1) is 45.3. The molecular weight excluding hydrogens is 782 g/mol. The summed E-state index contributed by atoms with van der Waals surface area (Å²) in [4.78, 5) is 13.4. The van der Waals surface area contributed by atoms with Gasteiger partial charge in [0.05, 0.1) is 16.3 Å². The molecule has 8 heteroatoms. The fraction of sp³-hybridized carbons (Fsp3) is 0.755. The minimum Gasteiger partial charge on any atom is -0.460 e. The average Bonchev–Trinajstić information content (AvgIpc) is 3.60. The number of sulfone groups is 1. The zero-order valence-electron chi connectivity index (χ0n) is 38.7. The number of carbonyl (C=O) groups is 1. The number of alkyl halides is 1. The van der Waals surface area contributed by atoms with Crippen molar-refractivity contribution in [3.63, 3.8) is 0 Å². The maximum atomic E-state index is 14.8. The molecule has 10 atom stereocenters. The first-order valence-electron chi connectivity index (χ1n) is 24.2. The van der Waals surface area contributed by atoms with Crippen LogP contribution in [0.4, 0.5) is 4.39 Å². The maximum absolute atomic E-state index is 14.8. The molecule has 1 aromatic rings. The number of carbonyl (C=O) groups excluding carboxylic acids is 1. The van der Waals surface area contributed by atoms with Crippen LogP contribution in [0.2, 0.25) is 0 Å². The first-order chi connectivity index (χ1) is 28.7. The summed E-state index contributed by atoms with van der Waals surface area (Å²) >= 11 is 0. The predicted molar refractivity (Wildman–Crippen MR) is 244 cm³/mol. The summed E-state index contributed by atoms with van der Waals surface area (Å²) in [6.07, 6.45) is 21.3. The standard InChI is InChI=1S/C53H78FNO5S/c1-36(2)40-20-29-53(55-33-32-52(57)27-18-39(19-28-52)61(8,58)59)31-30-49(6)42(45(40)53)14-15-44-48(5)23-21-41(47(3,4)43(48)22-24-50(44,49)7)38-16-25-51(35-54,26-17-38)46(56)60-34-37-12-10-9-11-13-37/h9-13,16,21,39-40,42-45,55,57H,1,14-15,17-20,22-35H2,2-8H3/t39-,40-,42+,43-,44+,45+,48-,49+,50+,51+,52+,53-/m0/s1. The number of halogens is 1. The fourth-order valence-corrected chi connectivity index (χ4v) is 17.4. The van der Waals surface area contributed by atoms with Gasteiger partial charge in [0.25, 0.3) is 0 Å². The van der Waals surface area contributed by atoms with Crippen LogP contribution in [0.5, 0.6) is 0 Å². The SMILES string of the molecule is C=C(C)[C@@H]1CC[C@]2(NCC[C@]3(O)CC[C@@H](S(C)(=O)=O)CC3)CC[C@]3(C)[C@H](CC[C@@H]4[C@@]5(C)CC=C(C6=CC[C@@](CF)(C(=O)OCc7ccccc7)CC6)C(C)(C)[C@@H]5CC[C@]43C)[C@@H]12. The number of hydrogen-bond acceptors (Lipinski definition) is 6. The van der Waals surface area contributed by atoms with E-state index in [0.717, 1.165) is 31.4 Å². The van der Waals surface area contributed by atoms with Crippen LogP contribution < -0.4 is 5.32 Å². The first-order valence-corrected chi connectivity index (χ1v) is 26.1. The highest BCUT2D eigenvalue weighted by Crippen LogP contribution is 2.76. The van der Waals surface area contributed by atoms with Gasteiger partial charge in [0.15, 0.2) is 0 Å². The van der Waals surface area contributed by atoms with E-state index in [0.29, 0.717) is 81.0 Å². The summed E-state index contributed by atoms with van der Waals surface area (Å²) < 4.78 is 45.0. The quantitative estimate of drug-likeness (QED) is 0.170. The van der Waals surface area contributed by atoms with Crippen molar-refractivity contribution in [3.05, 3.63) is 71.3 Å². The second-order valence-electron chi connectivity index (χ2n) is 23.2. The zero-order chi connectivity index (χ0) is 43.9. The molecule has 0 bridgehead atoms. The van der Waals surface area contributed by atoms with Crippen LogP contribution in [0.1, 0.15) is 156 Å². The van der Waals surface area contributed by atoms with Gasteiger partial charge < -0.3 is 15.2 Å². The molecule has 0 saturated heterocycles. The van der Waals surface area contributed by atoms with Crippen molar-refractivity contribution in [2.24, 2.45) is 56.7 Å². The van der Waals surface area contributed by atoms with E-state index < -0.39 is 33.5 Å². The van der Waals surface area contributed by atoms with Gasteiger partial charge in [-0.1, -0.05) is 89.3 Å². The Labute approximate surface area is 368 Å². The van der Waals surface area contributed by atoms with E-state index >= 15 is 0 Å². The van der Waals surface area contributed by atoms with E-state index in [-0.39, 0.29) is 39.1 Å². The molecular formula is C53H78FNO5S. The van der Waals surface area contributed by atoms with Crippen LogP contribution in [0.25, 0.3) is 0 Å². The Morgan fingerprint density at radius 1 is 0.869 bits per heavy atom. The molecule has 1 aromatic carbocycles. The van der Waals surface area contributed by atoms with Gasteiger partial charge in [-0.2, -0.15) is 0 Å². The molecule has 8 rings (SSSR count). The van der Waals surface area contributed by atoms with Crippen molar-refractivity contribution in [2.45, 2.75) is 174 Å². The molecule has 0 aromatic heterocycles. The molecule has 2 N–H and O–H groups in total. The Morgan fingerprint density at radius 3 is 2.23 bits per heavy atom. The maximum Gasteiger partial charge on any atom is 0.315 e. The molecule has 0 radical (unpaired) electrons. The molecule has 61 heavy (non-hydrogen) atoms. The number of hydrogen-bond donors (Lipinski definition) is 2. The van der Waals surface area contributed by atoms with Gasteiger partial charge in [-0.3, -0.25) is 4.79 Å². The predicted octanol–water partition coefficient (Wildman–Crippen LogP) is 11.4. The van der Waals surface area contributed by atoms with Crippen molar-refractivity contribution in [2.75, 3.05) is 19.5 Å². The van der Waals surface area contributed by atoms with Crippen molar-refractivity contribution in [1.82, 2.24) is 5.32 Å². The lowest BCUT2D eigenvalue weighted by Gasteiger charge is -2.72. The van der Waals surface area contributed by atoms with Crippen molar-refractivity contribution >= 4 is 15.8 Å². The van der Waals surface area contributed by atoms with Crippen LogP contribution in [-0.2, 0) is 26.0 Å². The van der Waals surface area contributed by atoms with E-state index in [1.807, 2.05) is 30.3 Å². The van der Waals surface area contributed by atoms with Crippen molar-refractivity contribution in [1.29, 1.82) is 0 Å². The number of ether oxygens (including phenoxy) is 1. The summed E-state index contributed by atoms with van der Waals surface area (Å²) in [6, 6.07) is 9.65. The third-order valence-electron chi connectivity index (χ3n) is 20.0. The molecule has 0 spiro atoms. The van der Waals surface area contributed by atoms with Gasteiger partial charge in [-0.15, -0.1) is 0 Å². The molecule has 6 nitrogen and oxygen atoms in total. The summed E-state index contributed by atoms with van der Waals surface area (Å²) in [5.74, 6) is 2.39. The highest BCUT2D eigenvalue weighted by molar-refractivity contribution is 7.91. The molecule has 5 saturated carbocycles. The van der Waals surface area contributed by atoms with Crippen LogP contribution in [0.3, 0.4) is 0 Å². The van der Waals surface area contributed by atoms with Crippen LogP contribution in [0.15, 0.2) is 65.8 Å². The summed E-state index contributed by atoms with van der Waals surface area (Å²) in [6.45, 7) is 20.1. The molecule has 0 unspecified atom stereocenters. The second kappa shape index (κ2) is 16.0. The van der Waals surface area contributed by atoms with Gasteiger partial charge in [-0.05, 0) is 191 Å². The molecule has 0 amide bonds. The van der Waals surface area contributed by atoms with E-state index in [1.165, 1.54) is 61.5 Å². The molecule has 0 heterocycles. The average molecular weight is 860 g/mol. The van der Waals surface area contributed by atoms with Crippen LogP contribution in [0, 0.1) is 56.7 Å². The zero-order valence-corrected chi connectivity index (χ0v) is 39.5. The van der Waals surface area contributed by atoms with Gasteiger partial charge >= 0.3 is 5.97 Å². The number of fused-ring (bicyclic) bond motifs is 7. The number of nitrogens with one attached hydrogen (secondary N) is 1. The Hall–Kier alpha value is -2.29. The summed E-state index contributed by atoms with van der Waals surface area (Å²) in [5, 5.41) is 15.5. The molecule has 338 valence electrons. The third-order valence-corrected chi connectivity index (χ3v) is 21.7. The number of benzene rings is 1. The minimum absolute atomic E-state index is 0.0301. The van der Waals surface area contributed by atoms with E-state index in [1.54, 1.807) is 0 Å². The summed E-state index contributed by atoms with van der Waals surface area (Å²) in [7, 11) is -3.07. The van der Waals surface area contributed by atoms with E-state index in [9.17, 15) is 22.7 Å². The second-order valence-corrected chi connectivity index (χ2v) is 25.6. The van der Waals surface area contributed by atoms with Crippen molar-refractivity contribution < 1.29 is 27.4 Å². The topological polar surface area (TPSA) is 92.7 Å². The van der Waals surface area contributed by atoms with Gasteiger partial charge in [-0.25, -0.2) is 12.8 Å². The Balaban J connectivity index is 0.987. The monoisotopic (exact) mass is 860 g/mol. The van der Waals surface area contributed by atoms with Crippen LogP contribution >= 0.6 is 0 Å².